The van der Waals surface area contributed by atoms with E-state index < -0.39 is 0 Å². The van der Waals surface area contributed by atoms with Crippen LogP contribution in [0, 0.1) is 71.0 Å². The summed E-state index contributed by atoms with van der Waals surface area (Å²) in [6.07, 6.45) is 0. The molecule has 0 saturated carbocycles. The zero-order valence-electron chi connectivity index (χ0n) is 9.06. The van der Waals surface area contributed by atoms with Crippen LogP contribution in [0.2, 0.25) is 0 Å². The molecule has 0 radical (unpaired) electrons. The number of hydrogen-bond acceptors (Lipinski definition) is 6. The van der Waals surface area contributed by atoms with Gasteiger partial charge in [0, 0.05) is 0 Å². The second-order valence-corrected chi connectivity index (χ2v) is 0. The molecular weight excluding hydrogens is 280 g/mol. The van der Waals surface area contributed by atoms with Crippen molar-refractivity contribution in [3.63, 3.8) is 0 Å². The first-order valence-corrected chi connectivity index (χ1v) is 1.34. The third kappa shape index (κ3) is 12400. The van der Waals surface area contributed by atoms with Crippen molar-refractivity contribution >= 4 is 0 Å². The number of rotatable bonds is 0. The van der Waals surface area contributed by atoms with E-state index in [1.54, 1.807) is 0 Å². The summed E-state index contributed by atoms with van der Waals surface area (Å²) in [5.74, 6) is 0. The van der Waals surface area contributed by atoms with Gasteiger partial charge in [-0.2, -0.15) is 0 Å². The van der Waals surface area contributed by atoms with Gasteiger partial charge in [-0.15, -0.1) is 0 Å². The standard InChI is InChI=1S/6CN.Mn.3Na/c6*1-2;;;;/q6*-1;+3;3*+1. The molecule has 64 valence electrons. The average molecular weight is 280 g/mol. The summed E-state index contributed by atoms with van der Waals surface area (Å²) in [7, 11) is 0. The molecule has 0 bridgehead atoms. The van der Waals surface area contributed by atoms with Crippen molar-refractivity contribution in [3.05, 3.63) is 39.4 Å². The number of nitrogens with zero attached hydrogens (tertiary/aromatic N) is 6. The van der Waals surface area contributed by atoms with Gasteiger partial charge in [0.15, 0.2) is 0 Å². The van der Waals surface area contributed by atoms with Gasteiger partial charge in [0.05, 0.1) is 0 Å². The van der Waals surface area contributed by atoms with Crippen molar-refractivity contribution in [1.82, 2.24) is 0 Å². The van der Waals surface area contributed by atoms with Gasteiger partial charge in [0.1, 0.15) is 0 Å². The Kier molecular flexibility index (Phi) is 90200. The van der Waals surface area contributed by atoms with Crippen molar-refractivity contribution in [1.29, 1.82) is 31.6 Å². The fourth-order valence-electron chi connectivity index (χ4n) is 0. The smallest absolute Gasteiger partial charge is 0.512 e. The first-order chi connectivity index (χ1) is 6.00. The van der Waals surface area contributed by atoms with Crippen LogP contribution in [0.5, 0.6) is 0 Å². The summed E-state index contributed by atoms with van der Waals surface area (Å²) >= 11 is 0. The summed E-state index contributed by atoms with van der Waals surface area (Å²) in [4.78, 5) is 0. The van der Waals surface area contributed by atoms with E-state index in [4.69, 9.17) is 71.0 Å². The molecule has 0 fully saturated rings. The molecule has 0 atom stereocenters. The van der Waals surface area contributed by atoms with E-state index in [1.807, 2.05) is 0 Å². The summed E-state index contributed by atoms with van der Waals surface area (Å²) < 4.78 is 0. The minimum atomic E-state index is 0. The van der Waals surface area contributed by atoms with Crippen molar-refractivity contribution in [3.8, 4) is 0 Å². The van der Waals surface area contributed by atoms with Crippen LogP contribution >= 0.6 is 0 Å². The van der Waals surface area contributed by atoms with E-state index in [-0.39, 0.29) is 106 Å². The van der Waals surface area contributed by atoms with Gasteiger partial charge >= 0.3 is 106 Å². The van der Waals surface area contributed by atoms with Gasteiger partial charge in [-0.25, -0.2) is 0 Å². The van der Waals surface area contributed by atoms with Gasteiger partial charge in [-0.1, -0.05) is 0 Å². The molecule has 0 aliphatic carbocycles. The third-order valence-electron chi connectivity index (χ3n) is 0. The van der Waals surface area contributed by atoms with Crippen LogP contribution in [0.25, 0.3) is 0 Å². The van der Waals surface area contributed by atoms with Gasteiger partial charge < -0.3 is 71.0 Å². The quantitative estimate of drug-likeness (QED) is 0.318. The van der Waals surface area contributed by atoms with Crippen molar-refractivity contribution in [2.75, 3.05) is 0 Å². The zero-order chi connectivity index (χ0) is 12.0. The Balaban J connectivity index is -0.00000000321. The Labute approximate surface area is 174 Å². The topological polar surface area (TPSA) is 143 Å². The summed E-state index contributed by atoms with van der Waals surface area (Å²) in [5.41, 5.74) is 0. The third-order valence-corrected chi connectivity index (χ3v) is 0. The average Bonchev–Trinajstić information content (AvgIpc) is 2.33. The molecule has 0 unspecified atom stereocenters. The largest absolute Gasteiger partial charge is 3.00 e. The first kappa shape index (κ1) is 94.3. The van der Waals surface area contributed by atoms with Crippen LogP contribution in [0.3, 0.4) is 0 Å². The Morgan fingerprint density at radius 2 is 0.312 bits per heavy atom. The van der Waals surface area contributed by atoms with Crippen molar-refractivity contribution < 1.29 is 106 Å². The van der Waals surface area contributed by atoms with E-state index in [0.717, 1.165) is 0 Å². The van der Waals surface area contributed by atoms with Crippen molar-refractivity contribution in [2.24, 2.45) is 0 Å². The second kappa shape index (κ2) is 15300. The predicted molar refractivity (Wildman–Crippen MR) is 29.8 cm³/mol. The molecule has 0 aromatic carbocycles. The molecule has 0 aliphatic rings. The van der Waals surface area contributed by atoms with E-state index in [2.05, 4.69) is 0 Å². The summed E-state index contributed by atoms with van der Waals surface area (Å²) in [5, 5.41) is 37.5. The molecule has 0 aromatic rings. The van der Waals surface area contributed by atoms with Crippen LogP contribution in [0.15, 0.2) is 0 Å². The Morgan fingerprint density at radius 1 is 0.312 bits per heavy atom. The van der Waals surface area contributed by atoms with Crippen LogP contribution in [-0.4, -0.2) is 0 Å². The minimum Gasteiger partial charge on any atom is -0.512 e. The van der Waals surface area contributed by atoms with E-state index in [1.165, 1.54) is 0 Å². The molecule has 6 nitrogen and oxygen atoms in total. The van der Waals surface area contributed by atoms with Gasteiger partial charge in [-0.05, 0) is 0 Å². The minimum absolute atomic E-state index is 0. The Bertz CT molecular complexity index is 103. The van der Waals surface area contributed by atoms with Gasteiger partial charge in [-0.3, -0.25) is 0 Å². The molecule has 0 aromatic heterocycles. The normalized spacial score (nSPS) is 0.750. The maximum Gasteiger partial charge on any atom is 3.00 e. The van der Waals surface area contributed by atoms with E-state index in [9.17, 15) is 0 Å². The maximum atomic E-state index is 6.25. The molecule has 0 saturated heterocycles. The van der Waals surface area contributed by atoms with E-state index >= 15 is 0 Å². The molecule has 0 aliphatic heterocycles. The van der Waals surface area contributed by atoms with Crippen LogP contribution in [0.4, 0.5) is 0 Å². The Hall–Kier alpha value is 0.459. The fourth-order valence-corrected chi connectivity index (χ4v) is 0. The molecule has 10 heteroatoms. The molecule has 0 spiro atoms. The van der Waals surface area contributed by atoms with Crippen LogP contribution in [-0.2, 0) is 17.1 Å². The van der Waals surface area contributed by atoms with E-state index in [0.29, 0.717) is 0 Å². The second-order valence-electron chi connectivity index (χ2n) is 0. The molecular formula is C6MnN6Na3. The predicted octanol–water partition coefficient (Wildman–Crippen LogP) is -8.41. The van der Waals surface area contributed by atoms with Crippen molar-refractivity contribution in [2.45, 2.75) is 0 Å². The summed E-state index contributed by atoms with van der Waals surface area (Å²) in [6.45, 7) is 28.5. The number of hydrogen-bond donors (Lipinski definition) is 0. The van der Waals surface area contributed by atoms with Gasteiger partial charge in [0.25, 0.3) is 0 Å². The zero-order valence-corrected chi connectivity index (χ0v) is 16.2. The molecule has 0 amide bonds. The first-order valence-electron chi connectivity index (χ1n) is 1.34. The summed E-state index contributed by atoms with van der Waals surface area (Å²) in [6, 6.07) is 0. The molecule has 0 N–H and O–H groups in total. The molecule has 0 heterocycles. The monoisotopic (exact) mass is 280 g/mol. The maximum absolute atomic E-state index is 6.25. The Morgan fingerprint density at radius 3 is 0.312 bits per heavy atom. The van der Waals surface area contributed by atoms with Crippen LogP contribution < -0.4 is 88.7 Å². The molecule has 0 rings (SSSR count). The SMILES string of the molecule is [C-]#N.[C-]#N.[C-]#N.[C-]#N.[C-]#N.[C-]#N.[Mn+3].[Na+].[Na+].[Na+]. The van der Waals surface area contributed by atoms with Gasteiger partial charge in [0.2, 0.25) is 0 Å². The van der Waals surface area contributed by atoms with Crippen LogP contribution in [0.1, 0.15) is 0 Å². The fraction of sp³-hybridized carbons (Fsp3) is 0. The molecule has 16 heavy (non-hydrogen) atoms.